The van der Waals surface area contributed by atoms with Crippen molar-refractivity contribution >= 4 is 21.9 Å². The van der Waals surface area contributed by atoms with E-state index < -0.39 is 22.0 Å². The summed E-state index contributed by atoms with van der Waals surface area (Å²) < 4.78 is 29.5. The lowest BCUT2D eigenvalue weighted by molar-refractivity contribution is 0.121. The fraction of sp³-hybridized carbons (Fsp3) is 1.00. The van der Waals surface area contributed by atoms with Gasteiger partial charge in [-0.05, 0) is 30.3 Å². The fourth-order valence-electron chi connectivity index (χ4n) is 1.45. The molecule has 4 nitrogen and oxygen atoms in total. The Labute approximate surface area is 82.5 Å². The minimum Gasteiger partial charge on any atom is -0.392 e. The van der Waals surface area contributed by atoms with Crippen LogP contribution in [0.2, 0.25) is 0 Å². The van der Waals surface area contributed by atoms with E-state index in [0.29, 0.717) is 0 Å². The summed E-state index contributed by atoms with van der Waals surface area (Å²) in [7, 11) is -4.03. The molecule has 2 N–H and O–H groups in total. The molecule has 0 aromatic carbocycles. The van der Waals surface area contributed by atoms with Crippen molar-refractivity contribution in [1.82, 2.24) is 0 Å². The van der Waals surface area contributed by atoms with Crippen LogP contribution in [0.1, 0.15) is 12.8 Å². The molecule has 13 heavy (non-hydrogen) atoms. The first kappa shape index (κ1) is 11.3. The molecule has 0 amide bonds. The zero-order valence-electron chi connectivity index (χ0n) is 7.22. The maximum absolute atomic E-state index is 10.5. The van der Waals surface area contributed by atoms with E-state index in [-0.39, 0.29) is 5.92 Å². The Morgan fingerprint density at radius 1 is 1.38 bits per heavy atom. The van der Waals surface area contributed by atoms with Gasteiger partial charge >= 0.3 is 0 Å². The van der Waals surface area contributed by atoms with Crippen LogP contribution in [0.3, 0.4) is 0 Å². The number of aliphatic hydroxyl groups excluding tert-OH is 1. The van der Waals surface area contributed by atoms with E-state index in [1.165, 1.54) is 0 Å². The van der Waals surface area contributed by atoms with Gasteiger partial charge in [-0.1, -0.05) is 0 Å². The van der Waals surface area contributed by atoms with Crippen molar-refractivity contribution < 1.29 is 18.1 Å². The molecule has 0 aromatic heterocycles. The van der Waals surface area contributed by atoms with E-state index in [0.717, 1.165) is 24.3 Å². The summed E-state index contributed by atoms with van der Waals surface area (Å²) in [6.45, 7) is 0. The van der Waals surface area contributed by atoms with E-state index in [9.17, 15) is 13.5 Å². The predicted octanol–water partition coefficient (Wildman–Crippen LogP) is 0.378. The largest absolute Gasteiger partial charge is 0.392 e. The van der Waals surface area contributed by atoms with Gasteiger partial charge in [0.2, 0.25) is 0 Å². The van der Waals surface area contributed by atoms with Crippen molar-refractivity contribution in [3.8, 4) is 0 Å². The van der Waals surface area contributed by atoms with Gasteiger partial charge in [0, 0.05) is 0 Å². The molecule has 0 radical (unpaired) electrons. The standard InChI is InChI=1S/C7H14O4S2/c8-7(5-13(9,10)11)6-1-3-12-4-2-6/h6-8H,1-5H2,(H,9,10,11). The molecule has 1 rings (SSSR count). The quantitative estimate of drug-likeness (QED) is 0.680. The third kappa shape index (κ3) is 4.30. The molecule has 1 saturated heterocycles. The SMILES string of the molecule is O=S(=O)(O)CC(O)C1CCSCC1. The van der Waals surface area contributed by atoms with E-state index in [1.54, 1.807) is 0 Å². The molecule has 1 fully saturated rings. The Morgan fingerprint density at radius 3 is 2.38 bits per heavy atom. The molecular weight excluding hydrogens is 212 g/mol. The van der Waals surface area contributed by atoms with Gasteiger partial charge in [0.1, 0.15) is 5.75 Å². The second-order valence-electron chi connectivity index (χ2n) is 3.27. The van der Waals surface area contributed by atoms with E-state index in [2.05, 4.69) is 0 Å². The molecule has 1 heterocycles. The Kier molecular flexibility index (Phi) is 4.03. The smallest absolute Gasteiger partial charge is 0.267 e. The highest BCUT2D eigenvalue weighted by Crippen LogP contribution is 2.25. The van der Waals surface area contributed by atoms with Gasteiger partial charge in [-0.25, -0.2) is 0 Å². The molecular formula is C7H14O4S2. The molecule has 0 aliphatic carbocycles. The van der Waals surface area contributed by atoms with E-state index in [1.807, 2.05) is 11.8 Å². The first-order valence-electron chi connectivity index (χ1n) is 4.20. The monoisotopic (exact) mass is 226 g/mol. The van der Waals surface area contributed by atoms with Crippen LogP contribution >= 0.6 is 11.8 Å². The van der Waals surface area contributed by atoms with Gasteiger partial charge in [0.25, 0.3) is 10.1 Å². The normalized spacial score (nSPS) is 22.9. The third-order valence-corrected chi connectivity index (χ3v) is 4.00. The number of hydrogen-bond donors (Lipinski definition) is 2. The lowest BCUT2D eigenvalue weighted by Crippen LogP contribution is -2.31. The van der Waals surface area contributed by atoms with E-state index >= 15 is 0 Å². The molecule has 1 aliphatic heterocycles. The molecule has 1 atom stereocenters. The van der Waals surface area contributed by atoms with Crippen molar-refractivity contribution in [3.05, 3.63) is 0 Å². The van der Waals surface area contributed by atoms with Crippen LogP contribution in [0.5, 0.6) is 0 Å². The lowest BCUT2D eigenvalue weighted by Gasteiger charge is -2.25. The zero-order chi connectivity index (χ0) is 9.90. The van der Waals surface area contributed by atoms with Crippen LogP contribution in [-0.4, -0.2) is 41.4 Å². The van der Waals surface area contributed by atoms with Crippen molar-refractivity contribution in [3.63, 3.8) is 0 Å². The maximum atomic E-state index is 10.5. The molecule has 6 heteroatoms. The molecule has 1 unspecified atom stereocenters. The van der Waals surface area contributed by atoms with Crippen LogP contribution in [0.4, 0.5) is 0 Å². The maximum Gasteiger partial charge on any atom is 0.267 e. The van der Waals surface area contributed by atoms with Crippen LogP contribution in [0, 0.1) is 5.92 Å². The van der Waals surface area contributed by atoms with Crippen LogP contribution in [0.25, 0.3) is 0 Å². The topological polar surface area (TPSA) is 74.6 Å². The van der Waals surface area contributed by atoms with Crippen molar-refractivity contribution in [1.29, 1.82) is 0 Å². The van der Waals surface area contributed by atoms with Crippen LogP contribution < -0.4 is 0 Å². The highest BCUT2D eigenvalue weighted by atomic mass is 32.2. The minimum atomic E-state index is -4.03. The molecule has 0 aromatic rings. The Morgan fingerprint density at radius 2 is 1.92 bits per heavy atom. The lowest BCUT2D eigenvalue weighted by atomic mass is 9.97. The second-order valence-corrected chi connectivity index (χ2v) is 5.99. The van der Waals surface area contributed by atoms with Gasteiger partial charge in [0.05, 0.1) is 6.10 Å². The molecule has 0 saturated carbocycles. The van der Waals surface area contributed by atoms with Crippen molar-refractivity contribution in [2.45, 2.75) is 18.9 Å². The number of thioether (sulfide) groups is 1. The summed E-state index contributed by atoms with van der Waals surface area (Å²) in [5, 5.41) is 9.46. The Bertz CT molecular complexity index is 243. The zero-order valence-corrected chi connectivity index (χ0v) is 8.85. The highest BCUT2D eigenvalue weighted by molar-refractivity contribution is 7.99. The first-order valence-corrected chi connectivity index (χ1v) is 6.96. The number of rotatable bonds is 3. The predicted molar refractivity (Wildman–Crippen MR) is 52.5 cm³/mol. The van der Waals surface area contributed by atoms with Crippen molar-refractivity contribution in [2.75, 3.05) is 17.3 Å². The molecule has 0 bridgehead atoms. The molecule has 78 valence electrons. The molecule has 0 spiro atoms. The van der Waals surface area contributed by atoms with Crippen LogP contribution in [-0.2, 0) is 10.1 Å². The summed E-state index contributed by atoms with van der Waals surface area (Å²) in [5.74, 6) is 1.44. The van der Waals surface area contributed by atoms with Gasteiger partial charge in [-0.3, -0.25) is 4.55 Å². The number of hydrogen-bond acceptors (Lipinski definition) is 4. The van der Waals surface area contributed by atoms with Gasteiger partial charge in [-0.2, -0.15) is 20.2 Å². The highest BCUT2D eigenvalue weighted by Gasteiger charge is 2.25. The first-order chi connectivity index (χ1) is 5.99. The second kappa shape index (κ2) is 4.63. The van der Waals surface area contributed by atoms with Crippen LogP contribution in [0.15, 0.2) is 0 Å². The van der Waals surface area contributed by atoms with Gasteiger partial charge in [-0.15, -0.1) is 0 Å². The van der Waals surface area contributed by atoms with Crippen molar-refractivity contribution in [2.24, 2.45) is 5.92 Å². The third-order valence-electron chi connectivity index (χ3n) is 2.19. The van der Waals surface area contributed by atoms with E-state index in [4.69, 9.17) is 4.55 Å². The molecule has 1 aliphatic rings. The Hall–Kier alpha value is 0.220. The summed E-state index contributed by atoms with van der Waals surface area (Å²) in [6, 6.07) is 0. The summed E-state index contributed by atoms with van der Waals surface area (Å²) in [5.41, 5.74) is 0. The minimum absolute atomic E-state index is 0.0307. The average Bonchev–Trinajstić information content (AvgIpc) is 2.03. The summed E-state index contributed by atoms with van der Waals surface area (Å²) in [4.78, 5) is 0. The summed E-state index contributed by atoms with van der Waals surface area (Å²) in [6.07, 6.45) is 0.763. The van der Waals surface area contributed by atoms with Gasteiger partial charge < -0.3 is 5.11 Å². The summed E-state index contributed by atoms with van der Waals surface area (Å²) >= 11 is 1.81. The number of aliphatic hydroxyl groups is 1. The van der Waals surface area contributed by atoms with Gasteiger partial charge in [0.15, 0.2) is 0 Å². The fourth-order valence-corrected chi connectivity index (χ4v) is 3.30. The Balaban J connectivity index is 2.42. The average molecular weight is 226 g/mol.